The molecule has 0 spiro atoms. The second-order valence-electron chi connectivity index (χ2n) is 6.25. The summed E-state index contributed by atoms with van der Waals surface area (Å²) in [6.45, 7) is 1.49. The van der Waals surface area contributed by atoms with E-state index in [0.29, 0.717) is 17.8 Å². The first kappa shape index (κ1) is 22.5. The van der Waals surface area contributed by atoms with Crippen LogP contribution < -0.4 is 4.90 Å². The number of halogens is 6. The number of nitrogens with zero attached hydrogens (tertiary/aromatic N) is 1. The molecule has 2 aromatic carbocycles. The van der Waals surface area contributed by atoms with Crippen LogP contribution in [0.5, 0.6) is 0 Å². The van der Waals surface area contributed by atoms with Crippen molar-refractivity contribution in [2.45, 2.75) is 24.9 Å². The van der Waals surface area contributed by atoms with Gasteiger partial charge in [-0.2, -0.15) is 26.3 Å². The van der Waals surface area contributed by atoms with Crippen molar-refractivity contribution < 1.29 is 41.0 Å². The van der Waals surface area contributed by atoms with Gasteiger partial charge in [-0.15, -0.1) is 0 Å². The molecule has 0 radical (unpaired) electrons. The van der Waals surface area contributed by atoms with Crippen LogP contribution in [0, 0.1) is 6.92 Å². The van der Waals surface area contributed by atoms with Crippen molar-refractivity contribution in [1.29, 1.82) is 0 Å². The average Bonchev–Trinajstić information content (AvgIpc) is 2.64. The van der Waals surface area contributed by atoms with Crippen molar-refractivity contribution in [3.63, 3.8) is 0 Å². The number of esters is 1. The molecular weight excluding hydrogens is 404 g/mol. The van der Waals surface area contributed by atoms with Crippen LogP contribution in [0.4, 0.5) is 37.7 Å². The number of alkyl halides is 6. The zero-order chi connectivity index (χ0) is 22.0. The molecule has 2 aromatic rings. The highest BCUT2D eigenvalue weighted by molar-refractivity contribution is 5.80. The van der Waals surface area contributed by atoms with E-state index >= 15 is 0 Å². The van der Waals surface area contributed by atoms with E-state index in [1.54, 1.807) is 24.3 Å². The molecular formula is C19H17F6NO3. The van der Waals surface area contributed by atoms with E-state index in [4.69, 9.17) is 0 Å². The number of anilines is 2. The standard InChI is InChI=1S/C19H17F6NO3/c1-12-3-7-14(8-4-12)26(11-16(27)29-2)15-9-5-13(6-10-15)17(28,18(20,21)22)19(23,24)25/h3-10,28H,11H2,1-2H3. The highest BCUT2D eigenvalue weighted by Crippen LogP contribution is 2.50. The summed E-state index contributed by atoms with van der Waals surface area (Å²) in [4.78, 5) is 13.1. The maximum atomic E-state index is 13.0. The van der Waals surface area contributed by atoms with E-state index in [-0.39, 0.29) is 12.2 Å². The molecule has 0 aliphatic carbocycles. The Labute approximate surface area is 162 Å². The van der Waals surface area contributed by atoms with E-state index < -0.39 is 29.5 Å². The highest BCUT2D eigenvalue weighted by Gasteiger charge is 2.71. The van der Waals surface area contributed by atoms with Gasteiger partial charge >= 0.3 is 18.3 Å². The van der Waals surface area contributed by atoms with Gasteiger partial charge in [-0.3, -0.25) is 4.79 Å². The molecule has 4 nitrogen and oxygen atoms in total. The van der Waals surface area contributed by atoms with E-state index in [1.807, 2.05) is 6.92 Å². The number of rotatable bonds is 5. The lowest BCUT2D eigenvalue weighted by atomic mass is 9.92. The van der Waals surface area contributed by atoms with Crippen LogP contribution in [0.15, 0.2) is 48.5 Å². The molecule has 0 aliphatic heterocycles. The molecule has 0 bridgehead atoms. The van der Waals surface area contributed by atoms with Crippen molar-refractivity contribution in [3.05, 3.63) is 59.7 Å². The van der Waals surface area contributed by atoms with Gasteiger partial charge in [0, 0.05) is 16.9 Å². The first-order chi connectivity index (χ1) is 13.3. The first-order valence-corrected chi connectivity index (χ1v) is 8.18. The number of hydrogen-bond donors (Lipinski definition) is 1. The molecule has 2 rings (SSSR count). The largest absolute Gasteiger partial charge is 0.468 e. The van der Waals surface area contributed by atoms with Crippen LogP contribution in [0.3, 0.4) is 0 Å². The Morgan fingerprint density at radius 2 is 1.31 bits per heavy atom. The van der Waals surface area contributed by atoms with E-state index in [9.17, 15) is 36.2 Å². The minimum atomic E-state index is -5.98. The Kier molecular flexibility index (Phi) is 6.17. The molecule has 0 saturated heterocycles. The number of carbonyl (C=O) groups excluding carboxylic acids is 1. The number of aliphatic hydroxyl groups is 1. The van der Waals surface area contributed by atoms with Crippen LogP contribution in [-0.4, -0.2) is 37.1 Å². The second kappa shape index (κ2) is 7.94. The molecule has 158 valence electrons. The van der Waals surface area contributed by atoms with Crippen molar-refractivity contribution >= 4 is 17.3 Å². The lowest BCUT2D eigenvalue weighted by Crippen LogP contribution is -2.53. The van der Waals surface area contributed by atoms with Gasteiger partial charge in [0.15, 0.2) is 0 Å². The summed E-state index contributed by atoms with van der Waals surface area (Å²) in [7, 11) is 1.14. The Hall–Kier alpha value is -2.75. The zero-order valence-electron chi connectivity index (χ0n) is 15.3. The lowest BCUT2D eigenvalue weighted by Gasteiger charge is -2.33. The molecule has 0 amide bonds. The van der Waals surface area contributed by atoms with Crippen molar-refractivity contribution in [2.24, 2.45) is 0 Å². The molecule has 1 N–H and O–H groups in total. The Balaban J connectivity index is 2.50. The number of carbonyl (C=O) groups is 1. The summed E-state index contributed by atoms with van der Waals surface area (Å²) in [5.41, 5.74) is -4.90. The summed E-state index contributed by atoms with van der Waals surface area (Å²) in [5, 5.41) is 9.48. The molecule has 10 heteroatoms. The third-order valence-electron chi connectivity index (χ3n) is 4.28. The number of aryl methyl sites for hydroxylation is 1. The van der Waals surface area contributed by atoms with Gasteiger partial charge in [0.25, 0.3) is 5.60 Å². The van der Waals surface area contributed by atoms with Gasteiger partial charge in [0.1, 0.15) is 6.54 Å². The van der Waals surface area contributed by atoms with Gasteiger partial charge < -0.3 is 14.7 Å². The fourth-order valence-electron chi connectivity index (χ4n) is 2.62. The van der Waals surface area contributed by atoms with Gasteiger partial charge in [-0.1, -0.05) is 29.8 Å². The predicted octanol–water partition coefficient (Wildman–Crippen LogP) is 4.62. The number of benzene rings is 2. The van der Waals surface area contributed by atoms with Gasteiger partial charge in [-0.25, -0.2) is 0 Å². The third-order valence-corrected chi connectivity index (χ3v) is 4.28. The molecule has 0 unspecified atom stereocenters. The van der Waals surface area contributed by atoms with Gasteiger partial charge in [0.2, 0.25) is 0 Å². The first-order valence-electron chi connectivity index (χ1n) is 8.18. The van der Waals surface area contributed by atoms with Crippen LogP contribution >= 0.6 is 0 Å². The molecule has 0 saturated carbocycles. The fourth-order valence-corrected chi connectivity index (χ4v) is 2.62. The van der Waals surface area contributed by atoms with Crippen LogP contribution in [0.2, 0.25) is 0 Å². The molecule has 0 fully saturated rings. The summed E-state index contributed by atoms with van der Waals surface area (Å²) >= 11 is 0. The topological polar surface area (TPSA) is 49.8 Å². The molecule has 0 heterocycles. The minimum Gasteiger partial charge on any atom is -0.468 e. The maximum Gasteiger partial charge on any atom is 0.430 e. The fraction of sp³-hybridized carbons (Fsp3) is 0.316. The normalized spacial score (nSPS) is 12.6. The smallest absolute Gasteiger partial charge is 0.430 e. The molecule has 0 atom stereocenters. The van der Waals surface area contributed by atoms with E-state index in [0.717, 1.165) is 24.8 Å². The molecule has 0 aromatic heterocycles. The number of ether oxygens (including phenoxy) is 1. The minimum absolute atomic E-state index is 0.134. The van der Waals surface area contributed by atoms with Crippen molar-refractivity contribution in [1.82, 2.24) is 0 Å². The van der Waals surface area contributed by atoms with Crippen molar-refractivity contribution in [2.75, 3.05) is 18.6 Å². The SMILES string of the molecule is COC(=O)CN(c1ccc(C)cc1)c1ccc(C(O)(C(F)(F)F)C(F)(F)F)cc1. The Bertz CT molecular complexity index is 830. The molecule has 0 aliphatic rings. The summed E-state index contributed by atoms with van der Waals surface area (Å²) in [6.07, 6.45) is -12.0. The third kappa shape index (κ3) is 4.47. The molecule has 29 heavy (non-hydrogen) atoms. The van der Waals surface area contributed by atoms with Crippen molar-refractivity contribution in [3.8, 4) is 0 Å². The van der Waals surface area contributed by atoms with Gasteiger partial charge in [0.05, 0.1) is 7.11 Å². The Morgan fingerprint density at radius 3 is 1.69 bits per heavy atom. The van der Waals surface area contributed by atoms with Crippen LogP contribution in [-0.2, 0) is 15.1 Å². The quantitative estimate of drug-likeness (QED) is 0.566. The van der Waals surface area contributed by atoms with Crippen LogP contribution in [0.1, 0.15) is 11.1 Å². The summed E-state index contributed by atoms with van der Waals surface area (Å²) in [5.74, 6) is -0.670. The Morgan fingerprint density at radius 1 is 0.897 bits per heavy atom. The monoisotopic (exact) mass is 421 g/mol. The summed E-state index contributed by atoms with van der Waals surface area (Å²) in [6, 6.07) is 9.67. The zero-order valence-corrected chi connectivity index (χ0v) is 15.3. The predicted molar refractivity (Wildman–Crippen MR) is 92.6 cm³/mol. The van der Waals surface area contributed by atoms with Gasteiger partial charge in [-0.05, 0) is 31.2 Å². The number of hydrogen-bond acceptors (Lipinski definition) is 4. The van der Waals surface area contributed by atoms with E-state index in [2.05, 4.69) is 4.74 Å². The second-order valence-corrected chi connectivity index (χ2v) is 6.25. The average molecular weight is 421 g/mol. The maximum absolute atomic E-state index is 13.0. The van der Waals surface area contributed by atoms with E-state index in [1.165, 1.54) is 4.90 Å². The summed E-state index contributed by atoms with van der Waals surface area (Å²) < 4.78 is 82.7. The van der Waals surface area contributed by atoms with Crippen LogP contribution in [0.25, 0.3) is 0 Å². The number of methoxy groups -OCH3 is 1. The lowest BCUT2D eigenvalue weighted by molar-refractivity contribution is -0.376. The highest BCUT2D eigenvalue weighted by atomic mass is 19.4.